The summed E-state index contributed by atoms with van der Waals surface area (Å²) in [6.07, 6.45) is 7.39. The Morgan fingerprint density at radius 2 is 1.96 bits per heavy atom. The first-order chi connectivity index (χ1) is 13.3. The summed E-state index contributed by atoms with van der Waals surface area (Å²) in [5.74, 6) is 1.62. The Morgan fingerprint density at radius 1 is 1.07 bits per heavy atom. The van der Waals surface area contributed by atoms with Crippen molar-refractivity contribution in [2.45, 2.75) is 6.54 Å². The number of aromatic nitrogens is 5. The summed E-state index contributed by atoms with van der Waals surface area (Å²) >= 11 is 0. The Labute approximate surface area is 156 Å². The lowest BCUT2D eigenvalue weighted by Crippen LogP contribution is -2.36. The van der Waals surface area contributed by atoms with Gasteiger partial charge in [-0.3, -0.25) is 9.67 Å². The molecule has 2 aliphatic heterocycles. The second kappa shape index (κ2) is 6.55. The zero-order valence-electron chi connectivity index (χ0n) is 15.0. The molecule has 0 aliphatic carbocycles. The number of aliphatic imine (C=N–C) groups is 1. The number of hydrogen-bond acceptors (Lipinski definition) is 7. The lowest BCUT2D eigenvalue weighted by molar-refractivity contribution is 0.122. The molecular weight excluding hydrogens is 342 g/mol. The van der Waals surface area contributed by atoms with Crippen LogP contribution in [0.15, 0.2) is 41.9 Å². The maximum absolute atomic E-state index is 5.44. The van der Waals surface area contributed by atoms with Gasteiger partial charge in [-0.05, 0) is 12.1 Å². The van der Waals surface area contributed by atoms with Gasteiger partial charge in [0.1, 0.15) is 5.82 Å². The zero-order valence-corrected chi connectivity index (χ0v) is 15.0. The summed E-state index contributed by atoms with van der Waals surface area (Å²) in [5.41, 5.74) is 4.76. The van der Waals surface area contributed by atoms with E-state index in [1.807, 2.05) is 31.7 Å². The largest absolute Gasteiger partial charge is 0.378 e. The van der Waals surface area contributed by atoms with Crippen LogP contribution in [0.3, 0.4) is 0 Å². The highest BCUT2D eigenvalue weighted by Gasteiger charge is 2.22. The van der Waals surface area contributed by atoms with Crippen LogP contribution in [0.5, 0.6) is 0 Å². The van der Waals surface area contributed by atoms with Crippen molar-refractivity contribution in [1.82, 2.24) is 24.7 Å². The molecule has 0 amide bonds. The van der Waals surface area contributed by atoms with Gasteiger partial charge in [0.25, 0.3) is 0 Å². The minimum atomic E-state index is 0.604. The minimum Gasteiger partial charge on any atom is -0.378 e. The number of rotatable bonds is 3. The second-order valence-corrected chi connectivity index (χ2v) is 6.64. The molecule has 8 nitrogen and oxygen atoms in total. The van der Waals surface area contributed by atoms with Crippen molar-refractivity contribution in [3.63, 3.8) is 0 Å². The molecule has 3 aromatic heterocycles. The number of anilines is 1. The maximum Gasteiger partial charge on any atom is 0.163 e. The van der Waals surface area contributed by atoms with Gasteiger partial charge in [0.2, 0.25) is 0 Å². The Kier molecular flexibility index (Phi) is 3.90. The van der Waals surface area contributed by atoms with Crippen molar-refractivity contribution >= 4 is 11.5 Å². The Hall–Kier alpha value is -3.13. The first-order valence-corrected chi connectivity index (χ1v) is 8.97. The molecule has 2 aliphatic rings. The first-order valence-electron chi connectivity index (χ1n) is 8.97. The fraction of sp³-hybridized carbons (Fsp3) is 0.316. The molecule has 0 spiro atoms. The molecule has 27 heavy (non-hydrogen) atoms. The highest BCUT2D eigenvalue weighted by Crippen LogP contribution is 2.25. The van der Waals surface area contributed by atoms with Gasteiger partial charge in [0, 0.05) is 49.9 Å². The van der Waals surface area contributed by atoms with Gasteiger partial charge in [-0.2, -0.15) is 5.10 Å². The van der Waals surface area contributed by atoms with Gasteiger partial charge < -0.3 is 9.64 Å². The highest BCUT2D eigenvalue weighted by atomic mass is 16.5. The van der Waals surface area contributed by atoms with E-state index in [0.717, 1.165) is 60.2 Å². The van der Waals surface area contributed by atoms with E-state index in [9.17, 15) is 0 Å². The molecule has 0 N–H and O–H groups in total. The number of fused-ring (bicyclic) bond motifs is 1. The number of ether oxygens (including phenoxy) is 1. The third kappa shape index (κ3) is 2.97. The van der Waals surface area contributed by atoms with Gasteiger partial charge in [0.05, 0.1) is 42.9 Å². The SMILES string of the molecule is Cn1cc(-c2ncc3c(n2)C(c2ccnc(N4CCOCC4)c2)=NC3)cn1. The standard InChI is InChI=1S/C19H19N7O/c1-25-12-15(11-23-25)19-22-10-14-9-21-17(18(14)24-19)13-2-3-20-16(8-13)26-4-6-27-7-5-26/h2-3,8,10-12H,4-7,9H2,1H3. The number of morpholine rings is 1. The zero-order chi connectivity index (χ0) is 18.2. The number of pyridine rings is 1. The third-order valence-corrected chi connectivity index (χ3v) is 4.81. The average molecular weight is 361 g/mol. The fourth-order valence-electron chi connectivity index (χ4n) is 3.40. The number of hydrogen-bond donors (Lipinski definition) is 0. The van der Waals surface area contributed by atoms with Crippen LogP contribution in [0, 0.1) is 0 Å². The number of nitrogens with zero attached hydrogens (tertiary/aromatic N) is 7. The van der Waals surface area contributed by atoms with Crippen molar-refractivity contribution in [2.75, 3.05) is 31.2 Å². The van der Waals surface area contributed by atoms with Crippen LogP contribution < -0.4 is 4.90 Å². The predicted octanol–water partition coefficient (Wildman–Crippen LogP) is 1.46. The van der Waals surface area contributed by atoms with Crippen LogP contribution in [0.4, 0.5) is 5.82 Å². The second-order valence-electron chi connectivity index (χ2n) is 6.64. The average Bonchev–Trinajstić information content (AvgIpc) is 3.34. The van der Waals surface area contributed by atoms with Gasteiger partial charge >= 0.3 is 0 Å². The Balaban J connectivity index is 1.50. The Morgan fingerprint density at radius 3 is 2.78 bits per heavy atom. The molecule has 0 unspecified atom stereocenters. The third-order valence-electron chi connectivity index (χ3n) is 4.81. The molecule has 0 saturated carbocycles. The van der Waals surface area contributed by atoms with Crippen molar-refractivity contribution in [2.24, 2.45) is 12.0 Å². The molecule has 0 bridgehead atoms. The van der Waals surface area contributed by atoms with Crippen LogP contribution in [0.25, 0.3) is 11.4 Å². The predicted molar refractivity (Wildman–Crippen MR) is 101 cm³/mol. The van der Waals surface area contributed by atoms with Crippen molar-refractivity contribution in [3.8, 4) is 11.4 Å². The molecule has 0 radical (unpaired) electrons. The van der Waals surface area contributed by atoms with Crippen LogP contribution in [-0.2, 0) is 18.3 Å². The van der Waals surface area contributed by atoms with Crippen LogP contribution in [0.1, 0.15) is 16.8 Å². The first kappa shape index (κ1) is 16.1. The van der Waals surface area contributed by atoms with E-state index < -0.39 is 0 Å². The lowest BCUT2D eigenvalue weighted by Gasteiger charge is -2.28. The molecular formula is C19H19N7O. The van der Waals surface area contributed by atoms with Crippen molar-refractivity contribution in [1.29, 1.82) is 0 Å². The molecule has 8 heteroatoms. The lowest BCUT2D eigenvalue weighted by atomic mass is 10.1. The van der Waals surface area contributed by atoms with E-state index in [2.05, 4.69) is 26.0 Å². The van der Waals surface area contributed by atoms with Crippen molar-refractivity contribution in [3.05, 3.63) is 53.7 Å². The van der Waals surface area contributed by atoms with Crippen LogP contribution in [0.2, 0.25) is 0 Å². The summed E-state index contributed by atoms with van der Waals surface area (Å²) in [6, 6.07) is 4.08. The normalized spacial score (nSPS) is 16.3. The molecule has 136 valence electrons. The summed E-state index contributed by atoms with van der Waals surface area (Å²) in [7, 11) is 1.88. The van der Waals surface area contributed by atoms with E-state index in [1.165, 1.54) is 0 Å². The Bertz CT molecular complexity index is 1020. The molecule has 5 heterocycles. The molecule has 1 fully saturated rings. The molecule has 5 rings (SSSR count). The van der Waals surface area contributed by atoms with E-state index >= 15 is 0 Å². The smallest absolute Gasteiger partial charge is 0.163 e. The summed E-state index contributed by atoms with van der Waals surface area (Å²) < 4.78 is 7.19. The van der Waals surface area contributed by atoms with Crippen LogP contribution in [-0.4, -0.2) is 56.7 Å². The van der Waals surface area contributed by atoms with E-state index in [4.69, 9.17) is 14.7 Å². The van der Waals surface area contributed by atoms with Gasteiger partial charge in [-0.25, -0.2) is 15.0 Å². The highest BCUT2D eigenvalue weighted by molar-refractivity contribution is 6.14. The molecule has 3 aromatic rings. The fourth-order valence-corrected chi connectivity index (χ4v) is 3.40. The monoisotopic (exact) mass is 361 g/mol. The minimum absolute atomic E-state index is 0.604. The molecule has 1 saturated heterocycles. The van der Waals surface area contributed by atoms with Gasteiger partial charge in [-0.1, -0.05) is 0 Å². The number of aryl methyl sites for hydroxylation is 1. The van der Waals surface area contributed by atoms with Crippen LogP contribution >= 0.6 is 0 Å². The van der Waals surface area contributed by atoms with E-state index in [0.29, 0.717) is 12.4 Å². The summed E-state index contributed by atoms with van der Waals surface area (Å²) in [5, 5.41) is 4.21. The molecule has 0 atom stereocenters. The topological polar surface area (TPSA) is 81.3 Å². The van der Waals surface area contributed by atoms with Gasteiger partial charge in [-0.15, -0.1) is 0 Å². The van der Waals surface area contributed by atoms with Crippen molar-refractivity contribution < 1.29 is 4.74 Å². The van der Waals surface area contributed by atoms with E-state index in [-0.39, 0.29) is 0 Å². The summed E-state index contributed by atoms with van der Waals surface area (Å²) in [4.78, 5) is 20.8. The molecule has 0 aromatic carbocycles. The quantitative estimate of drug-likeness (QED) is 0.703. The maximum atomic E-state index is 5.44. The summed E-state index contributed by atoms with van der Waals surface area (Å²) in [6.45, 7) is 3.78. The van der Waals surface area contributed by atoms with E-state index in [1.54, 1.807) is 10.9 Å². The van der Waals surface area contributed by atoms with Gasteiger partial charge in [0.15, 0.2) is 5.82 Å².